The summed E-state index contributed by atoms with van der Waals surface area (Å²) < 4.78 is 0. The van der Waals surface area contributed by atoms with E-state index in [2.05, 4.69) is 44.0 Å². The molecule has 0 radical (unpaired) electrons. The third kappa shape index (κ3) is 2.22. The Kier molecular flexibility index (Phi) is 3.23. The van der Waals surface area contributed by atoms with Crippen molar-refractivity contribution >= 4 is 22.9 Å². The van der Waals surface area contributed by atoms with Crippen LogP contribution in [0.4, 0.5) is 11.8 Å². The minimum absolute atomic E-state index is 0.528. The van der Waals surface area contributed by atoms with Gasteiger partial charge in [0.15, 0.2) is 11.5 Å². The van der Waals surface area contributed by atoms with Gasteiger partial charge in [-0.1, -0.05) is 6.92 Å². The minimum Gasteiger partial charge on any atom is -0.354 e. The number of aromatic nitrogens is 4. The fourth-order valence-electron chi connectivity index (χ4n) is 2.59. The van der Waals surface area contributed by atoms with Crippen molar-refractivity contribution in [2.24, 2.45) is 0 Å². The number of imidazole rings is 1. The van der Waals surface area contributed by atoms with Crippen molar-refractivity contribution in [3.8, 4) is 0 Å². The second kappa shape index (κ2) is 5.03. The number of fused-ring (bicyclic) bond motifs is 1. The largest absolute Gasteiger partial charge is 0.354 e. The summed E-state index contributed by atoms with van der Waals surface area (Å²) in [6, 6.07) is 0.528. The van der Waals surface area contributed by atoms with Crippen LogP contribution in [0, 0.1) is 0 Å². The average molecular weight is 260 g/mol. The molecule has 0 amide bonds. The van der Waals surface area contributed by atoms with Gasteiger partial charge in [-0.25, -0.2) is 4.98 Å². The molecule has 3 heterocycles. The average Bonchev–Trinajstić information content (AvgIpc) is 3.03. The molecule has 0 spiro atoms. The molecule has 0 aromatic carbocycles. The van der Waals surface area contributed by atoms with E-state index in [1.165, 1.54) is 12.8 Å². The number of anilines is 2. The zero-order chi connectivity index (χ0) is 13.2. The molecule has 1 aliphatic heterocycles. The highest BCUT2D eigenvalue weighted by molar-refractivity contribution is 5.84. The van der Waals surface area contributed by atoms with Crippen molar-refractivity contribution in [1.82, 2.24) is 19.9 Å². The molecule has 1 aliphatic rings. The number of hydrogen-bond acceptors (Lipinski definition) is 5. The summed E-state index contributed by atoms with van der Waals surface area (Å²) in [4.78, 5) is 18.9. The standard InChI is InChI=1S/C13H20N6/c1-3-6-14-13-17-11-10(15-8-16-11)12(18-13)19-7-4-5-9(19)2/h8-9H,3-7H2,1-2H3,(H2,14,15,16,17,18). The number of nitrogens with zero attached hydrogens (tertiary/aromatic N) is 4. The van der Waals surface area contributed by atoms with Crippen LogP contribution in [0.2, 0.25) is 0 Å². The summed E-state index contributed by atoms with van der Waals surface area (Å²) in [6.07, 6.45) is 5.18. The Balaban J connectivity index is 2.02. The first-order valence-corrected chi connectivity index (χ1v) is 7.01. The molecule has 1 fully saturated rings. The molecule has 102 valence electrons. The number of nitrogens with one attached hydrogen (secondary N) is 2. The minimum atomic E-state index is 0.528. The van der Waals surface area contributed by atoms with Gasteiger partial charge in [0.2, 0.25) is 5.95 Å². The fourth-order valence-corrected chi connectivity index (χ4v) is 2.59. The van der Waals surface area contributed by atoms with Gasteiger partial charge in [0.25, 0.3) is 0 Å². The van der Waals surface area contributed by atoms with E-state index in [0.29, 0.717) is 12.0 Å². The van der Waals surface area contributed by atoms with E-state index in [4.69, 9.17) is 0 Å². The van der Waals surface area contributed by atoms with Crippen LogP contribution in [-0.4, -0.2) is 39.1 Å². The second-order valence-electron chi connectivity index (χ2n) is 5.08. The maximum Gasteiger partial charge on any atom is 0.226 e. The van der Waals surface area contributed by atoms with Gasteiger partial charge < -0.3 is 15.2 Å². The SMILES string of the molecule is CCCNc1nc(N2CCCC2C)c2[nH]cnc2n1. The Morgan fingerprint density at radius 2 is 2.37 bits per heavy atom. The lowest BCUT2D eigenvalue weighted by Crippen LogP contribution is -2.28. The van der Waals surface area contributed by atoms with E-state index in [1.54, 1.807) is 6.33 Å². The molecule has 0 bridgehead atoms. The van der Waals surface area contributed by atoms with Gasteiger partial charge in [0.05, 0.1) is 6.33 Å². The maximum atomic E-state index is 4.68. The van der Waals surface area contributed by atoms with Gasteiger partial charge in [-0.3, -0.25) is 0 Å². The highest BCUT2D eigenvalue weighted by Crippen LogP contribution is 2.29. The number of hydrogen-bond donors (Lipinski definition) is 2. The predicted octanol–water partition coefficient (Wildman–Crippen LogP) is 2.16. The lowest BCUT2D eigenvalue weighted by molar-refractivity contribution is 0.728. The lowest BCUT2D eigenvalue weighted by Gasteiger charge is -2.23. The van der Waals surface area contributed by atoms with Crippen LogP contribution in [-0.2, 0) is 0 Å². The molecule has 6 nitrogen and oxygen atoms in total. The molecular weight excluding hydrogens is 240 g/mol. The van der Waals surface area contributed by atoms with E-state index in [-0.39, 0.29) is 0 Å². The van der Waals surface area contributed by atoms with E-state index in [9.17, 15) is 0 Å². The molecule has 3 rings (SSSR count). The lowest BCUT2D eigenvalue weighted by atomic mass is 10.2. The van der Waals surface area contributed by atoms with Gasteiger partial charge in [0.1, 0.15) is 5.52 Å². The van der Waals surface area contributed by atoms with Gasteiger partial charge in [-0.15, -0.1) is 0 Å². The third-order valence-corrected chi connectivity index (χ3v) is 3.62. The molecule has 1 unspecified atom stereocenters. The van der Waals surface area contributed by atoms with Crippen LogP contribution in [0.3, 0.4) is 0 Å². The van der Waals surface area contributed by atoms with Crippen molar-refractivity contribution < 1.29 is 0 Å². The Hall–Kier alpha value is -1.85. The highest BCUT2D eigenvalue weighted by Gasteiger charge is 2.25. The summed E-state index contributed by atoms with van der Waals surface area (Å²) in [5.41, 5.74) is 1.68. The molecule has 1 atom stereocenters. The van der Waals surface area contributed by atoms with Crippen molar-refractivity contribution in [3.05, 3.63) is 6.33 Å². The number of aromatic amines is 1. The van der Waals surface area contributed by atoms with Crippen LogP contribution >= 0.6 is 0 Å². The predicted molar refractivity (Wildman–Crippen MR) is 76.5 cm³/mol. The molecule has 0 saturated carbocycles. The fraction of sp³-hybridized carbons (Fsp3) is 0.615. The summed E-state index contributed by atoms with van der Waals surface area (Å²) >= 11 is 0. The molecule has 2 aromatic heterocycles. The molecule has 19 heavy (non-hydrogen) atoms. The van der Waals surface area contributed by atoms with Gasteiger partial charge in [0, 0.05) is 19.1 Å². The Morgan fingerprint density at radius 1 is 1.47 bits per heavy atom. The molecular formula is C13H20N6. The van der Waals surface area contributed by atoms with Gasteiger partial charge in [-0.05, 0) is 26.2 Å². The van der Waals surface area contributed by atoms with E-state index in [0.717, 1.165) is 36.5 Å². The maximum absolute atomic E-state index is 4.68. The second-order valence-corrected chi connectivity index (χ2v) is 5.08. The normalized spacial score (nSPS) is 19.3. The first kappa shape index (κ1) is 12.2. The van der Waals surface area contributed by atoms with E-state index in [1.807, 2.05) is 0 Å². The Labute approximate surface area is 112 Å². The van der Waals surface area contributed by atoms with Crippen molar-refractivity contribution in [2.45, 2.75) is 39.2 Å². The first-order chi connectivity index (χ1) is 9.29. The van der Waals surface area contributed by atoms with Crippen LogP contribution < -0.4 is 10.2 Å². The zero-order valence-corrected chi connectivity index (χ0v) is 11.5. The topological polar surface area (TPSA) is 69.7 Å². The zero-order valence-electron chi connectivity index (χ0n) is 11.5. The van der Waals surface area contributed by atoms with Gasteiger partial charge in [-0.2, -0.15) is 9.97 Å². The Morgan fingerprint density at radius 3 is 3.11 bits per heavy atom. The van der Waals surface area contributed by atoms with Crippen molar-refractivity contribution in [3.63, 3.8) is 0 Å². The van der Waals surface area contributed by atoms with Crippen LogP contribution in [0.5, 0.6) is 0 Å². The van der Waals surface area contributed by atoms with E-state index >= 15 is 0 Å². The Bertz CT molecular complexity index is 563. The molecule has 2 N–H and O–H groups in total. The molecule has 2 aromatic rings. The quantitative estimate of drug-likeness (QED) is 0.881. The van der Waals surface area contributed by atoms with Crippen LogP contribution in [0.25, 0.3) is 11.2 Å². The summed E-state index contributed by atoms with van der Waals surface area (Å²) in [5, 5.41) is 3.25. The van der Waals surface area contributed by atoms with Crippen molar-refractivity contribution in [1.29, 1.82) is 0 Å². The summed E-state index contributed by atoms with van der Waals surface area (Å²) in [6.45, 7) is 6.31. The molecule has 6 heteroatoms. The number of H-pyrrole nitrogens is 1. The number of rotatable bonds is 4. The van der Waals surface area contributed by atoms with Crippen molar-refractivity contribution in [2.75, 3.05) is 23.3 Å². The van der Waals surface area contributed by atoms with Gasteiger partial charge >= 0.3 is 0 Å². The van der Waals surface area contributed by atoms with Crippen LogP contribution in [0.1, 0.15) is 33.1 Å². The molecule has 0 aliphatic carbocycles. The third-order valence-electron chi connectivity index (χ3n) is 3.62. The van der Waals surface area contributed by atoms with Crippen LogP contribution in [0.15, 0.2) is 6.33 Å². The monoisotopic (exact) mass is 260 g/mol. The van der Waals surface area contributed by atoms with E-state index < -0.39 is 0 Å². The smallest absolute Gasteiger partial charge is 0.226 e. The summed E-state index contributed by atoms with van der Waals surface area (Å²) in [7, 11) is 0. The molecule has 1 saturated heterocycles. The highest BCUT2D eigenvalue weighted by atomic mass is 15.3. The first-order valence-electron chi connectivity index (χ1n) is 7.01. The summed E-state index contributed by atoms with van der Waals surface area (Å²) in [5.74, 6) is 1.65.